The fourth-order valence-electron chi connectivity index (χ4n) is 1.19. The Labute approximate surface area is 153 Å². The minimum Gasteiger partial charge on any atom is -0.457 e. The Morgan fingerprint density at radius 1 is 1.17 bits per heavy atom. The molecule has 4 nitrogen and oxygen atoms in total. The highest BCUT2D eigenvalue weighted by atomic mass is 28.4. The van der Waals surface area contributed by atoms with Crippen LogP contribution in [-0.2, 0) is 18.4 Å². The van der Waals surface area contributed by atoms with Gasteiger partial charge >= 0.3 is 5.97 Å². The zero-order valence-corrected chi connectivity index (χ0v) is 18.1. The molecule has 1 saturated heterocycles. The van der Waals surface area contributed by atoms with Crippen molar-refractivity contribution in [1.29, 1.82) is 0 Å². The van der Waals surface area contributed by atoms with Crippen LogP contribution in [0, 0.1) is 0 Å². The average Bonchev–Trinajstić information content (AvgIpc) is 2.54. The molecule has 0 spiro atoms. The Hall–Kier alpha value is -0.176. The SMILES string of the molecule is [2H]C1([2H])C(=O)O[C@]([2H])(C([2H])([2H])O[Si](C)(C)C(C)(C)C)[C@@]1([2H])O[Si](C)(C)C(C)(C)C. The van der Waals surface area contributed by atoms with E-state index in [2.05, 4.69) is 0 Å². The highest BCUT2D eigenvalue weighted by Gasteiger charge is 2.46. The second kappa shape index (κ2) is 6.61. The van der Waals surface area contributed by atoms with E-state index >= 15 is 0 Å². The molecular formula is C17H36O4Si2. The van der Waals surface area contributed by atoms with Crippen molar-refractivity contribution in [2.75, 3.05) is 6.56 Å². The molecule has 2 atom stereocenters. The summed E-state index contributed by atoms with van der Waals surface area (Å²) >= 11 is 0. The van der Waals surface area contributed by atoms with E-state index in [-0.39, 0.29) is 0 Å². The second-order valence-corrected chi connectivity index (χ2v) is 18.4. The fourth-order valence-corrected chi connectivity index (χ4v) is 2.80. The molecule has 1 heterocycles. The maximum absolute atomic E-state index is 12.4. The monoisotopic (exact) mass is 366 g/mol. The van der Waals surface area contributed by atoms with Crippen molar-refractivity contribution in [3.05, 3.63) is 0 Å². The Morgan fingerprint density at radius 2 is 1.65 bits per heavy atom. The van der Waals surface area contributed by atoms with E-state index < -0.39 is 57.8 Å². The molecule has 0 N–H and O–H groups in total. The summed E-state index contributed by atoms with van der Waals surface area (Å²) in [6, 6.07) is 0. The number of carbonyl (C=O) groups is 1. The lowest BCUT2D eigenvalue weighted by atomic mass is 10.2. The quantitative estimate of drug-likeness (QED) is 0.522. The molecule has 6 heteroatoms. The summed E-state index contributed by atoms with van der Waals surface area (Å²) in [4.78, 5) is 12.4. The molecule has 0 amide bonds. The first-order valence-corrected chi connectivity index (χ1v) is 13.7. The number of esters is 1. The lowest BCUT2D eigenvalue weighted by Gasteiger charge is -2.40. The molecule has 0 unspecified atom stereocenters. The molecule has 0 radical (unpaired) electrons. The van der Waals surface area contributed by atoms with Crippen LogP contribution in [0.2, 0.25) is 36.3 Å². The van der Waals surface area contributed by atoms with Crippen LogP contribution < -0.4 is 0 Å². The lowest BCUT2D eigenvalue weighted by molar-refractivity contribution is -0.142. The largest absolute Gasteiger partial charge is 0.457 e. The molecule has 0 aromatic carbocycles. The molecule has 1 fully saturated rings. The third kappa shape index (κ3) is 5.15. The van der Waals surface area contributed by atoms with Crippen molar-refractivity contribution in [2.24, 2.45) is 0 Å². The van der Waals surface area contributed by atoms with Gasteiger partial charge in [-0.3, -0.25) is 4.79 Å². The highest BCUT2D eigenvalue weighted by Crippen LogP contribution is 2.40. The minimum absolute atomic E-state index is 0.427. The van der Waals surface area contributed by atoms with Crippen LogP contribution >= 0.6 is 0 Å². The first kappa shape index (κ1) is 13.1. The van der Waals surface area contributed by atoms with Crippen LogP contribution in [0.25, 0.3) is 0 Å². The van der Waals surface area contributed by atoms with Gasteiger partial charge in [0.15, 0.2) is 16.6 Å². The summed E-state index contributed by atoms with van der Waals surface area (Å²) in [5, 5.41) is -0.903. The van der Waals surface area contributed by atoms with E-state index in [1.54, 1.807) is 26.2 Å². The normalized spacial score (nSPS) is 37.0. The minimum atomic E-state index is -3.05. The Kier molecular flexibility index (Phi) is 3.76. The third-order valence-corrected chi connectivity index (χ3v) is 13.5. The van der Waals surface area contributed by atoms with Crippen LogP contribution in [0.5, 0.6) is 0 Å². The van der Waals surface area contributed by atoms with Gasteiger partial charge in [-0.05, 0) is 36.3 Å². The maximum atomic E-state index is 12.4. The van der Waals surface area contributed by atoms with Crippen LogP contribution in [-0.4, -0.2) is 41.3 Å². The first-order valence-electron chi connectivity index (χ1n) is 10.9. The molecule has 1 aliphatic heterocycles. The number of rotatable bonds is 5. The van der Waals surface area contributed by atoms with Crippen molar-refractivity contribution in [3.8, 4) is 0 Å². The summed E-state index contributed by atoms with van der Waals surface area (Å²) in [6.07, 6.45) is -9.05. The maximum Gasteiger partial charge on any atom is 0.308 e. The molecule has 0 aromatic heterocycles. The van der Waals surface area contributed by atoms with Crippen LogP contribution in [0.3, 0.4) is 0 Å². The average molecular weight is 367 g/mol. The van der Waals surface area contributed by atoms with Gasteiger partial charge in [0, 0.05) is 2.74 Å². The number of hydrogen-bond acceptors (Lipinski definition) is 4. The van der Waals surface area contributed by atoms with Gasteiger partial charge < -0.3 is 13.6 Å². The van der Waals surface area contributed by atoms with E-state index in [1.807, 2.05) is 41.5 Å². The van der Waals surface area contributed by atoms with Gasteiger partial charge in [0.2, 0.25) is 0 Å². The topological polar surface area (TPSA) is 44.8 Å². The van der Waals surface area contributed by atoms with Crippen molar-refractivity contribution in [2.45, 2.75) is 96.3 Å². The van der Waals surface area contributed by atoms with E-state index in [0.29, 0.717) is 0 Å². The van der Waals surface area contributed by atoms with Gasteiger partial charge in [0.1, 0.15) is 6.08 Å². The predicted octanol–water partition coefficient (Wildman–Crippen LogP) is 4.71. The first-order chi connectivity index (χ1) is 12.3. The molecule has 1 rings (SSSR count). The molecule has 0 aromatic rings. The van der Waals surface area contributed by atoms with Gasteiger partial charge in [-0.2, -0.15) is 0 Å². The van der Waals surface area contributed by atoms with Gasteiger partial charge in [0.05, 0.1) is 24.5 Å². The zero-order chi connectivity index (χ0) is 23.7. The molecule has 0 saturated carbocycles. The molecule has 0 bridgehead atoms. The summed E-state index contributed by atoms with van der Waals surface area (Å²) < 4.78 is 67.6. The van der Waals surface area contributed by atoms with Crippen molar-refractivity contribution in [3.63, 3.8) is 0 Å². The number of hydrogen-bond donors (Lipinski definition) is 0. The smallest absolute Gasteiger partial charge is 0.308 e. The van der Waals surface area contributed by atoms with Gasteiger partial charge in [-0.15, -0.1) is 0 Å². The van der Waals surface area contributed by atoms with Crippen LogP contribution in [0.4, 0.5) is 0 Å². The molecule has 136 valence electrons. The lowest BCUT2D eigenvalue weighted by Crippen LogP contribution is -2.48. The molecule has 23 heavy (non-hydrogen) atoms. The summed E-state index contributed by atoms with van der Waals surface area (Å²) in [7, 11) is -5.73. The second-order valence-electron chi connectivity index (χ2n) is 9.00. The Bertz CT molecular complexity index is 672. The van der Waals surface area contributed by atoms with Crippen molar-refractivity contribution in [1.82, 2.24) is 0 Å². The van der Waals surface area contributed by atoms with Crippen LogP contribution in [0.15, 0.2) is 0 Å². The summed E-state index contributed by atoms with van der Waals surface area (Å²) in [5.41, 5.74) is 0. The zero-order valence-electron chi connectivity index (χ0n) is 22.1. The number of cyclic esters (lactones) is 1. The summed E-state index contributed by atoms with van der Waals surface area (Å²) in [6.45, 7) is 15.3. The number of ether oxygens (including phenoxy) is 1. The molecular weight excluding hydrogens is 324 g/mol. The Balaban J connectivity index is 3.62. The van der Waals surface area contributed by atoms with E-state index in [1.165, 1.54) is 0 Å². The molecule has 0 aliphatic carbocycles. The van der Waals surface area contributed by atoms with E-state index in [4.69, 9.17) is 21.8 Å². The summed E-state index contributed by atoms with van der Waals surface area (Å²) in [5.74, 6) is -1.50. The predicted molar refractivity (Wildman–Crippen MR) is 99.7 cm³/mol. The van der Waals surface area contributed by atoms with E-state index in [0.717, 1.165) is 0 Å². The molecule has 1 aliphatic rings. The highest BCUT2D eigenvalue weighted by molar-refractivity contribution is 6.74. The number of carbonyl (C=O) groups excluding carboxylic acids is 1. The van der Waals surface area contributed by atoms with E-state index in [9.17, 15) is 4.79 Å². The van der Waals surface area contributed by atoms with Gasteiger partial charge in [-0.25, -0.2) is 0 Å². The fraction of sp³-hybridized carbons (Fsp3) is 0.941. The van der Waals surface area contributed by atoms with Crippen molar-refractivity contribution < 1.29 is 26.6 Å². The van der Waals surface area contributed by atoms with Crippen LogP contribution in [0.1, 0.15) is 56.1 Å². The standard InChI is InChI=1S/C17H36O4Si2/c1-16(2,3)22(7,8)19-12-14-13(11-15(18)20-14)21-23(9,10)17(4,5)6/h13-14H,11-12H2,1-10H3/t13-,14+/m0/s1/i11D2,12D2,13D,14D. The van der Waals surface area contributed by atoms with Gasteiger partial charge in [0.25, 0.3) is 0 Å². The van der Waals surface area contributed by atoms with Crippen molar-refractivity contribution >= 4 is 22.6 Å². The Morgan fingerprint density at radius 3 is 2.09 bits per heavy atom. The third-order valence-electron chi connectivity index (χ3n) is 4.99. The van der Waals surface area contributed by atoms with Gasteiger partial charge in [-0.1, -0.05) is 41.5 Å².